The molecule has 2 saturated carbocycles. The fourth-order valence-electron chi connectivity index (χ4n) is 5.47. The number of nitrogens with two attached hydrogens (primary N) is 1. The molecule has 1 unspecified atom stereocenters. The summed E-state index contributed by atoms with van der Waals surface area (Å²) in [5, 5.41) is 3.53. The van der Waals surface area contributed by atoms with Crippen LogP contribution in [-0.2, 0) is 4.79 Å². The summed E-state index contributed by atoms with van der Waals surface area (Å²) in [6.07, 6.45) is 6.99. The number of ether oxygens (including phenoxy) is 1. The van der Waals surface area contributed by atoms with E-state index < -0.39 is 5.91 Å². The highest BCUT2D eigenvalue weighted by molar-refractivity contribution is 5.94. The van der Waals surface area contributed by atoms with Crippen LogP contribution in [-0.4, -0.2) is 27.9 Å². The van der Waals surface area contributed by atoms with Gasteiger partial charge in [0.1, 0.15) is 17.4 Å². The van der Waals surface area contributed by atoms with Gasteiger partial charge < -0.3 is 15.8 Å². The summed E-state index contributed by atoms with van der Waals surface area (Å²) >= 11 is 0. The number of carbonyl (C=O) groups is 2. The number of benzene rings is 1. The lowest BCUT2D eigenvalue weighted by Gasteiger charge is -2.20. The molecule has 0 saturated heterocycles. The topological polar surface area (TPSA) is 107 Å². The molecule has 8 heteroatoms. The Bertz CT molecular complexity index is 1230. The van der Waals surface area contributed by atoms with Crippen LogP contribution in [0.2, 0.25) is 0 Å². The Morgan fingerprint density at radius 3 is 2.76 bits per heavy atom. The summed E-state index contributed by atoms with van der Waals surface area (Å²) in [7, 11) is 0. The molecule has 3 aromatic rings. The van der Waals surface area contributed by atoms with Crippen LogP contribution in [0.1, 0.15) is 43.0 Å². The van der Waals surface area contributed by atoms with Gasteiger partial charge in [0.2, 0.25) is 11.8 Å². The molecule has 2 aliphatic rings. The number of nitrogens with zero attached hydrogens (tertiary/aromatic N) is 2. The lowest BCUT2D eigenvalue weighted by atomic mass is 9.97. The average molecular weight is 463 g/mol. The van der Waals surface area contributed by atoms with Crippen molar-refractivity contribution in [2.45, 2.75) is 38.7 Å². The molecular weight excluding hydrogens is 435 g/mol. The van der Waals surface area contributed by atoms with Crippen LogP contribution >= 0.6 is 0 Å². The van der Waals surface area contributed by atoms with Crippen LogP contribution in [0, 0.1) is 29.5 Å². The number of aromatic nitrogens is 2. The number of nitrogens with one attached hydrogen (secondary N) is 1. The molecule has 0 spiro atoms. The molecule has 0 radical (unpaired) electrons. The minimum atomic E-state index is -0.557. The zero-order chi connectivity index (χ0) is 23.8. The van der Waals surface area contributed by atoms with Gasteiger partial charge in [-0.1, -0.05) is 6.92 Å². The number of primary amides is 1. The highest BCUT2D eigenvalue weighted by Gasteiger charge is 2.55. The molecule has 3 N–H and O–H groups in total. The van der Waals surface area contributed by atoms with E-state index in [0.717, 1.165) is 25.7 Å². The first-order valence-corrected chi connectivity index (χ1v) is 11.7. The van der Waals surface area contributed by atoms with Crippen LogP contribution < -0.4 is 15.8 Å². The predicted octanol–water partition coefficient (Wildman–Crippen LogP) is 4.33. The van der Waals surface area contributed by atoms with E-state index in [4.69, 9.17) is 10.5 Å². The van der Waals surface area contributed by atoms with E-state index in [1.165, 1.54) is 18.3 Å². The molecule has 2 heterocycles. The van der Waals surface area contributed by atoms with E-state index >= 15 is 0 Å². The highest BCUT2D eigenvalue weighted by Crippen LogP contribution is 2.58. The molecule has 2 amide bonds. The molecule has 0 aliphatic heterocycles. The van der Waals surface area contributed by atoms with Gasteiger partial charge in [0.05, 0.1) is 17.2 Å². The molecule has 7 nitrogen and oxygen atoms in total. The quantitative estimate of drug-likeness (QED) is 0.567. The zero-order valence-electron chi connectivity index (χ0n) is 18.9. The Balaban J connectivity index is 1.23. The number of anilines is 1. The molecule has 2 aromatic heterocycles. The van der Waals surface area contributed by atoms with E-state index in [1.54, 1.807) is 30.5 Å². The first-order chi connectivity index (χ1) is 16.4. The van der Waals surface area contributed by atoms with Gasteiger partial charge in [-0.15, -0.1) is 0 Å². The highest BCUT2D eigenvalue weighted by atomic mass is 19.1. The fourth-order valence-corrected chi connectivity index (χ4v) is 5.47. The molecule has 2 fully saturated rings. The number of pyridine rings is 2. The number of amides is 2. The number of rotatable bonds is 6. The van der Waals surface area contributed by atoms with Crippen molar-refractivity contribution < 1.29 is 18.7 Å². The van der Waals surface area contributed by atoms with Crippen molar-refractivity contribution in [3.05, 3.63) is 60.2 Å². The van der Waals surface area contributed by atoms with Crippen LogP contribution in [0.3, 0.4) is 0 Å². The van der Waals surface area contributed by atoms with Crippen LogP contribution in [0.25, 0.3) is 10.9 Å². The molecule has 0 bridgehead atoms. The largest absolute Gasteiger partial charge is 0.490 e. The van der Waals surface area contributed by atoms with Crippen molar-refractivity contribution in [3.8, 4) is 5.75 Å². The monoisotopic (exact) mass is 462 g/mol. The maximum absolute atomic E-state index is 13.8. The standard InChI is InChI=1S/C26H27FN4O3/c1-14(26(33)31-23-8-5-15(13-30-23)25(28)32)24-18-4-2-3-17(12-19(18)24)34-22-9-10-29-21-7-6-16(27)11-20(21)22/h5-11,13-14,17-19,24H,2-4,12H2,1H3,(H2,28,32)(H,30,31,33)/t14?,17-,18+,19-,24-/m0/s1. The van der Waals surface area contributed by atoms with Crippen molar-refractivity contribution >= 4 is 28.5 Å². The van der Waals surface area contributed by atoms with Crippen molar-refractivity contribution in [1.82, 2.24) is 9.97 Å². The first kappa shape index (κ1) is 22.3. The number of hydrogen-bond donors (Lipinski definition) is 2. The Labute approximate surface area is 196 Å². The van der Waals surface area contributed by atoms with E-state index in [-0.39, 0.29) is 23.7 Å². The second-order valence-corrected chi connectivity index (χ2v) is 9.36. The van der Waals surface area contributed by atoms with Crippen molar-refractivity contribution in [3.63, 3.8) is 0 Å². The van der Waals surface area contributed by atoms with Crippen LogP contribution in [0.4, 0.5) is 10.2 Å². The van der Waals surface area contributed by atoms with Gasteiger partial charge in [0, 0.05) is 23.7 Å². The minimum Gasteiger partial charge on any atom is -0.490 e. The third-order valence-corrected chi connectivity index (χ3v) is 7.24. The number of halogens is 1. The summed E-state index contributed by atoms with van der Waals surface area (Å²) in [6, 6.07) is 9.45. The summed E-state index contributed by atoms with van der Waals surface area (Å²) in [5.74, 6) is 1.16. The second kappa shape index (κ2) is 9.00. The summed E-state index contributed by atoms with van der Waals surface area (Å²) < 4.78 is 20.2. The Hall–Kier alpha value is -3.55. The lowest BCUT2D eigenvalue weighted by molar-refractivity contribution is -0.120. The number of carbonyl (C=O) groups excluding carboxylic acids is 2. The Morgan fingerprint density at radius 1 is 1.15 bits per heavy atom. The van der Waals surface area contributed by atoms with Gasteiger partial charge in [-0.25, -0.2) is 9.37 Å². The Morgan fingerprint density at radius 2 is 2.00 bits per heavy atom. The molecule has 176 valence electrons. The van der Waals surface area contributed by atoms with Crippen LogP contribution in [0.15, 0.2) is 48.8 Å². The summed E-state index contributed by atoms with van der Waals surface area (Å²) in [6.45, 7) is 1.96. The van der Waals surface area contributed by atoms with E-state index in [2.05, 4.69) is 15.3 Å². The molecular formula is C26H27FN4O3. The van der Waals surface area contributed by atoms with Gasteiger partial charge in [-0.2, -0.15) is 0 Å². The molecule has 34 heavy (non-hydrogen) atoms. The molecule has 5 atom stereocenters. The van der Waals surface area contributed by atoms with E-state index in [9.17, 15) is 14.0 Å². The smallest absolute Gasteiger partial charge is 0.250 e. The first-order valence-electron chi connectivity index (χ1n) is 11.7. The third-order valence-electron chi connectivity index (χ3n) is 7.24. The fraction of sp³-hybridized carbons (Fsp3) is 0.385. The lowest BCUT2D eigenvalue weighted by Crippen LogP contribution is -2.25. The van der Waals surface area contributed by atoms with E-state index in [0.29, 0.717) is 45.8 Å². The van der Waals surface area contributed by atoms with Gasteiger partial charge >= 0.3 is 0 Å². The van der Waals surface area contributed by atoms with Crippen molar-refractivity contribution in [1.29, 1.82) is 0 Å². The molecule has 1 aromatic carbocycles. The Kier molecular flexibility index (Phi) is 5.89. The zero-order valence-corrected chi connectivity index (χ0v) is 18.9. The van der Waals surface area contributed by atoms with Gasteiger partial charge in [0.15, 0.2) is 0 Å². The number of hydrogen-bond acceptors (Lipinski definition) is 5. The summed E-state index contributed by atoms with van der Waals surface area (Å²) in [5.41, 5.74) is 6.24. The molecule has 5 rings (SSSR count). The predicted molar refractivity (Wildman–Crippen MR) is 126 cm³/mol. The third kappa shape index (κ3) is 4.44. The van der Waals surface area contributed by atoms with Crippen LogP contribution in [0.5, 0.6) is 5.75 Å². The normalized spacial score (nSPS) is 24.5. The SMILES string of the molecule is CC(C(=O)Nc1ccc(C(N)=O)cn1)[C@H]1[C@@H]2CCC[C@H](Oc3ccnc4ccc(F)cc34)C[C@@H]21. The van der Waals surface area contributed by atoms with Crippen molar-refractivity contribution in [2.75, 3.05) is 5.32 Å². The van der Waals surface area contributed by atoms with Gasteiger partial charge in [-0.05, 0) is 79.8 Å². The van der Waals surface area contributed by atoms with Gasteiger partial charge in [0.25, 0.3) is 0 Å². The minimum absolute atomic E-state index is 0.0205. The van der Waals surface area contributed by atoms with Crippen molar-refractivity contribution in [2.24, 2.45) is 29.4 Å². The second-order valence-electron chi connectivity index (χ2n) is 9.36. The summed E-state index contributed by atoms with van der Waals surface area (Å²) in [4.78, 5) is 32.5. The average Bonchev–Trinajstić information content (AvgIpc) is 3.54. The maximum atomic E-state index is 13.8. The maximum Gasteiger partial charge on any atom is 0.250 e. The number of fused-ring (bicyclic) bond motifs is 2. The van der Waals surface area contributed by atoms with Gasteiger partial charge in [-0.3, -0.25) is 14.6 Å². The van der Waals surface area contributed by atoms with E-state index in [1.807, 2.05) is 6.92 Å². The molecule has 2 aliphatic carbocycles.